The maximum absolute atomic E-state index is 12.4. The van der Waals surface area contributed by atoms with E-state index < -0.39 is 0 Å². The van der Waals surface area contributed by atoms with E-state index in [2.05, 4.69) is 29.5 Å². The molecule has 0 spiro atoms. The van der Waals surface area contributed by atoms with E-state index in [1.165, 1.54) is 0 Å². The maximum atomic E-state index is 12.4. The number of anilines is 1. The summed E-state index contributed by atoms with van der Waals surface area (Å²) >= 11 is 6.10. The number of rotatable bonds is 4. The Balaban J connectivity index is 2.14. The van der Waals surface area contributed by atoms with Crippen LogP contribution in [0.5, 0.6) is 0 Å². The van der Waals surface area contributed by atoms with Crippen LogP contribution < -0.4 is 10.6 Å². The second-order valence-corrected chi connectivity index (χ2v) is 6.37. The van der Waals surface area contributed by atoms with Crippen LogP contribution in [0.3, 0.4) is 0 Å². The van der Waals surface area contributed by atoms with E-state index in [9.17, 15) is 4.79 Å². The van der Waals surface area contributed by atoms with Gasteiger partial charge in [-0.1, -0.05) is 31.9 Å². The Kier molecular flexibility index (Phi) is 4.53. The summed E-state index contributed by atoms with van der Waals surface area (Å²) in [5, 5.41) is 6.56. The van der Waals surface area contributed by atoms with Gasteiger partial charge < -0.3 is 10.6 Å². The Bertz CT molecular complexity index is 502. The van der Waals surface area contributed by atoms with Crippen molar-refractivity contribution in [1.29, 1.82) is 0 Å². The van der Waals surface area contributed by atoms with Gasteiger partial charge in [-0.15, -0.1) is 0 Å². The van der Waals surface area contributed by atoms with E-state index in [4.69, 9.17) is 11.6 Å². The fraction of sp³-hybridized carbons (Fsp3) is 0.600. The number of hydrogen-bond donors (Lipinski definition) is 2. The van der Waals surface area contributed by atoms with E-state index >= 15 is 0 Å². The Morgan fingerprint density at radius 2 is 2.25 bits per heavy atom. The van der Waals surface area contributed by atoms with Crippen molar-refractivity contribution in [2.24, 2.45) is 5.41 Å². The van der Waals surface area contributed by atoms with Gasteiger partial charge in [-0.25, -0.2) is 4.98 Å². The highest BCUT2D eigenvalue weighted by atomic mass is 35.5. The summed E-state index contributed by atoms with van der Waals surface area (Å²) in [6.07, 6.45) is 3.30. The highest BCUT2D eigenvalue weighted by Gasteiger charge is 2.35. The van der Waals surface area contributed by atoms with Crippen LogP contribution in [-0.4, -0.2) is 23.5 Å². The molecule has 1 atom stereocenters. The molecule has 5 heteroatoms. The molecule has 1 aliphatic rings. The Morgan fingerprint density at radius 1 is 1.50 bits per heavy atom. The van der Waals surface area contributed by atoms with Crippen LogP contribution in [0.4, 0.5) is 5.82 Å². The van der Waals surface area contributed by atoms with Crippen molar-refractivity contribution in [2.75, 3.05) is 11.9 Å². The standard InChI is InChI=1S/C15H22ClN3O/c1-4-17-12-8-7-10(16)13(19-12)14(20)18-11-6-5-9-15(11,2)3/h7-8,11H,4-6,9H2,1-3H3,(H,17,19)(H,18,20). The summed E-state index contributed by atoms with van der Waals surface area (Å²) in [6, 6.07) is 3.68. The lowest BCUT2D eigenvalue weighted by Gasteiger charge is -2.27. The monoisotopic (exact) mass is 295 g/mol. The van der Waals surface area contributed by atoms with Gasteiger partial charge in [-0.3, -0.25) is 4.79 Å². The minimum atomic E-state index is -0.185. The molecule has 2 N–H and O–H groups in total. The van der Waals surface area contributed by atoms with Gasteiger partial charge in [0.1, 0.15) is 11.5 Å². The molecule has 1 heterocycles. The second kappa shape index (κ2) is 6.00. The van der Waals surface area contributed by atoms with Gasteiger partial charge in [0.25, 0.3) is 5.91 Å². The molecule has 1 aromatic heterocycles. The normalized spacial score (nSPS) is 20.7. The van der Waals surface area contributed by atoms with Gasteiger partial charge in [0.2, 0.25) is 0 Å². The van der Waals surface area contributed by atoms with Crippen LogP contribution in [0.2, 0.25) is 5.02 Å². The average molecular weight is 296 g/mol. The molecule has 1 fully saturated rings. The number of pyridine rings is 1. The number of aromatic nitrogens is 1. The Morgan fingerprint density at radius 3 is 2.85 bits per heavy atom. The minimum absolute atomic E-state index is 0.140. The van der Waals surface area contributed by atoms with Crippen LogP contribution in [0.15, 0.2) is 12.1 Å². The molecule has 4 nitrogen and oxygen atoms in total. The molecule has 0 bridgehead atoms. The van der Waals surface area contributed by atoms with E-state index in [0.717, 1.165) is 25.8 Å². The topological polar surface area (TPSA) is 54.0 Å². The van der Waals surface area contributed by atoms with Crippen LogP contribution in [0.1, 0.15) is 50.5 Å². The third kappa shape index (κ3) is 3.23. The van der Waals surface area contributed by atoms with E-state index in [1.807, 2.05) is 6.92 Å². The first-order valence-corrected chi connectivity index (χ1v) is 7.53. The predicted octanol–water partition coefficient (Wildman–Crippen LogP) is 3.48. The molecule has 0 aliphatic heterocycles. The maximum Gasteiger partial charge on any atom is 0.271 e. The van der Waals surface area contributed by atoms with Crippen LogP contribution in [0.25, 0.3) is 0 Å². The first-order chi connectivity index (χ1) is 9.44. The Labute approximate surface area is 125 Å². The van der Waals surface area contributed by atoms with Crippen LogP contribution in [-0.2, 0) is 0 Å². The largest absolute Gasteiger partial charge is 0.370 e. The lowest BCUT2D eigenvalue weighted by Crippen LogP contribution is -2.41. The van der Waals surface area contributed by atoms with E-state index in [-0.39, 0.29) is 17.4 Å². The van der Waals surface area contributed by atoms with Gasteiger partial charge >= 0.3 is 0 Å². The lowest BCUT2D eigenvalue weighted by molar-refractivity contribution is 0.0905. The number of amides is 1. The molecular formula is C15H22ClN3O. The summed E-state index contributed by atoms with van der Waals surface area (Å²) in [5.41, 5.74) is 0.439. The summed E-state index contributed by atoms with van der Waals surface area (Å²) in [6.45, 7) is 7.12. The summed E-state index contributed by atoms with van der Waals surface area (Å²) in [7, 11) is 0. The van der Waals surface area contributed by atoms with Crippen LogP contribution in [0, 0.1) is 5.41 Å². The van der Waals surface area contributed by atoms with Crippen molar-refractivity contribution in [3.05, 3.63) is 22.8 Å². The highest BCUT2D eigenvalue weighted by Crippen LogP contribution is 2.37. The van der Waals surface area contributed by atoms with Crippen molar-refractivity contribution in [2.45, 2.75) is 46.1 Å². The SMILES string of the molecule is CCNc1ccc(Cl)c(C(=O)NC2CCCC2(C)C)n1. The zero-order valence-corrected chi connectivity index (χ0v) is 13.0. The fourth-order valence-corrected chi connectivity index (χ4v) is 2.89. The van der Waals surface area contributed by atoms with Gasteiger partial charge in [-0.2, -0.15) is 0 Å². The smallest absolute Gasteiger partial charge is 0.271 e. The highest BCUT2D eigenvalue weighted by molar-refractivity contribution is 6.33. The third-order valence-corrected chi connectivity index (χ3v) is 4.29. The molecular weight excluding hydrogens is 274 g/mol. The summed E-state index contributed by atoms with van der Waals surface area (Å²) in [4.78, 5) is 16.7. The van der Waals surface area contributed by atoms with Crippen molar-refractivity contribution in [3.8, 4) is 0 Å². The molecule has 1 amide bonds. The van der Waals surface area contributed by atoms with Crippen molar-refractivity contribution < 1.29 is 4.79 Å². The summed E-state index contributed by atoms with van der Waals surface area (Å²) in [5.74, 6) is 0.488. The molecule has 2 rings (SSSR count). The molecule has 110 valence electrons. The molecule has 0 aromatic carbocycles. The fourth-order valence-electron chi connectivity index (χ4n) is 2.70. The zero-order valence-electron chi connectivity index (χ0n) is 12.3. The van der Waals surface area contributed by atoms with Crippen LogP contribution >= 0.6 is 11.6 Å². The molecule has 1 aliphatic carbocycles. The number of hydrogen-bond acceptors (Lipinski definition) is 3. The average Bonchev–Trinajstić information content (AvgIpc) is 2.71. The molecule has 1 saturated carbocycles. The lowest BCUT2D eigenvalue weighted by atomic mass is 9.87. The van der Waals surface area contributed by atoms with Crippen molar-refractivity contribution >= 4 is 23.3 Å². The number of carbonyl (C=O) groups is 1. The zero-order chi connectivity index (χ0) is 14.8. The van der Waals surface area contributed by atoms with Gasteiger partial charge in [0.05, 0.1) is 5.02 Å². The predicted molar refractivity (Wildman–Crippen MR) is 82.3 cm³/mol. The second-order valence-electron chi connectivity index (χ2n) is 5.96. The van der Waals surface area contributed by atoms with Gasteiger partial charge in [0.15, 0.2) is 0 Å². The number of nitrogens with one attached hydrogen (secondary N) is 2. The first-order valence-electron chi connectivity index (χ1n) is 7.15. The molecule has 1 unspecified atom stereocenters. The number of nitrogens with zero attached hydrogens (tertiary/aromatic N) is 1. The van der Waals surface area contributed by atoms with Crippen molar-refractivity contribution in [3.63, 3.8) is 0 Å². The Hall–Kier alpha value is -1.29. The number of carbonyl (C=O) groups excluding carboxylic acids is 1. The van der Waals surface area contributed by atoms with Gasteiger partial charge in [-0.05, 0) is 37.3 Å². The molecule has 1 aromatic rings. The van der Waals surface area contributed by atoms with E-state index in [1.54, 1.807) is 12.1 Å². The third-order valence-electron chi connectivity index (χ3n) is 3.98. The first kappa shape index (κ1) is 15.1. The molecule has 0 saturated heterocycles. The van der Waals surface area contributed by atoms with E-state index in [0.29, 0.717) is 16.5 Å². The van der Waals surface area contributed by atoms with Gasteiger partial charge in [0, 0.05) is 12.6 Å². The number of halogens is 1. The summed E-state index contributed by atoms with van der Waals surface area (Å²) < 4.78 is 0. The molecule has 20 heavy (non-hydrogen) atoms. The minimum Gasteiger partial charge on any atom is -0.370 e. The quantitative estimate of drug-likeness (QED) is 0.894. The molecule has 0 radical (unpaired) electrons. The van der Waals surface area contributed by atoms with Crippen molar-refractivity contribution in [1.82, 2.24) is 10.3 Å².